The first-order valence-electron chi connectivity index (χ1n) is 6.94. The molecule has 0 fully saturated rings. The largest absolute Gasteiger partial charge is 0.419 e. The molecule has 0 saturated heterocycles. The number of halogens is 4. The number of hydrogen-bond acceptors (Lipinski definition) is 2. The molecule has 0 aromatic heterocycles. The van der Waals surface area contributed by atoms with Crippen LogP contribution in [-0.4, -0.2) is 19.8 Å². The Morgan fingerprint density at radius 2 is 1.95 bits per heavy atom. The van der Waals surface area contributed by atoms with Crippen LogP contribution >= 0.6 is 0 Å². The van der Waals surface area contributed by atoms with Gasteiger partial charge in [-0.3, -0.25) is 0 Å². The lowest BCUT2D eigenvalue weighted by Crippen LogP contribution is -2.18. The summed E-state index contributed by atoms with van der Waals surface area (Å²) in [6.07, 6.45) is -3.88. The summed E-state index contributed by atoms with van der Waals surface area (Å²) >= 11 is 0. The van der Waals surface area contributed by atoms with E-state index in [0.717, 1.165) is 18.6 Å². The smallest absolute Gasteiger partial charge is 0.381 e. The molecule has 120 valence electrons. The van der Waals surface area contributed by atoms with Crippen molar-refractivity contribution in [3.05, 3.63) is 35.1 Å². The van der Waals surface area contributed by atoms with Crippen LogP contribution in [-0.2, 0) is 17.5 Å². The minimum absolute atomic E-state index is 0.271. The molecule has 0 aliphatic carbocycles. The van der Waals surface area contributed by atoms with E-state index in [9.17, 15) is 17.6 Å². The molecule has 1 rings (SSSR count). The topological polar surface area (TPSA) is 21.3 Å². The summed E-state index contributed by atoms with van der Waals surface area (Å²) in [7, 11) is 0. The molecular formula is C15H21F4NO. The fraction of sp³-hybridized carbons (Fsp3) is 0.600. The van der Waals surface area contributed by atoms with Gasteiger partial charge in [-0.15, -0.1) is 0 Å². The Labute approximate surface area is 122 Å². The number of hydrogen-bond donors (Lipinski definition) is 1. The van der Waals surface area contributed by atoms with Crippen LogP contribution in [0.15, 0.2) is 18.2 Å². The second kappa shape index (κ2) is 8.34. The Morgan fingerprint density at radius 3 is 2.57 bits per heavy atom. The maximum atomic E-state index is 13.1. The van der Waals surface area contributed by atoms with Crippen molar-refractivity contribution >= 4 is 0 Å². The average Bonchev–Trinajstić information content (AvgIpc) is 2.37. The minimum atomic E-state index is -4.66. The van der Waals surface area contributed by atoms with Gasteiger partial charge in [0.25, 0.3) is 0 Å². The molecule has 0 amide bonds. The third kappa shape index (κ3) is 6.91. The van der Waals surface area contributed by atoms with Crippen molar-refractivity contribution in [2.24, 2.45) is 5.92 Å². The van der Waals surface area contributed by atoms with Gasteiger partial charge in [0, 0.05) is 19.8 Å². The zero-order valence-corrected chi connectivity index (χ0v) is 12.3. The molecule has 1 N–H and O–H groups in total. The van der Waals surface area contributed by atoms with E-state index in [-0.39, 0.29) is 6.54 Å². The zero-order valence-electron chi connectivity index (χ0n) is 12.3. The molecule has 0 aliphatic rings. The van der Waals surface area contributed by atoms with E-state index < -0.39 is 17.6 Å². The Morgan fingerprint density at radius 1 is 1.24 bits per heavy atom. The summed E-state index contributed by atoms with van der Waals surface area (Å²) in [5.74, 6) is -0.758. The summed E-state index contributed by atoms with van der Waals surface area (Å²) in [6.45, 7) is 6.34. The molecule has 21 heavy (non-hydrogen) atoms. The van der Waals surface area contributed by atoms with E-state index in [2.05, 4.69) is 19.2 Å². The Hall–Kier alpha value is -1.14. The number of rotatable bonds is 8. The van der Waals surface area contributed by atoms with E-state index >= 15 is 0 Å². The summed E-state index contributed by atoms with van der Waals surface area (Å²) in [5.41, 5.74) is -0.811. The lowest BCUT2D eigenvalue weighted by Gasteiger charge is -2.11. The summed E-state index contributed by atoms with van der Waals surface area (Å²) in [6, 6.07) is 3.05. The first-order valence-corrected chi connectivity index (χ1v) is 6.94. The van der Waals surface area contributed by atoms with Gasteiger partial charge in [0.05, 0.1) is 5.56 Å². The highest BCUT2D eigenvalue weighted by Gasteiger charge is 2.34. The fourth-order valence-electron chi connectivity index (χ4n) is 1.75. The van der Waals surface area contributed by atoms with E-state index in [4.69, 9.17) is 4.74 Å². The Kier molecular flexibility index (Phi) is 7.11. The maximum absolute atomic E-state index is 13.1. The third-order valence-electron chi connectivity index (χ3n) is 2.76. The molecular weight excluding hydrogens is 286 g/mol. The van der Waals surface area contributed by atoms with Crippen LogP contribution in [0.4, 0.5) is 17.6 Å². The van der Waals surface area contributed by atoms with Crippen molar-refractivity contribution < 1.29 is 22.3 Å². The Bertz CT molecular complexity index is 432. The maximum Gasteiger partial charge on any atom is 0.419 e. The van der Waals surface area contributed by atoms with Crippen LogP contribution < -0.4 is 5.32 Å². The second-order valence-electron chi connectivity index (χ2n) is 5.31. The van der Waals surface area contributed by atoms with Gasteiger partial charge < -0.3 is 10.1 Å². The van der Waals surface area contributed by atoms with Crippen molar-refractivity contribution in [1.29, 1.82) is 0 Å². The molecule has 0 spiro atoms. The second-order valence-corrected chi connectivity index (χ2v) is 5.31. The van der Waals surface area contributed by atoms with Crippen LogP contribution in [0.1, 0.15) is 31.4 Å². The molecule has 0 unspecified atom stereocenters. The molecule has 0 saturated carbocycles. The number of benzene rings is 1. The molecule has 1 aromatic rings. The molecule has 2 nitrogen and oxygen atoms in total. The molecule has 0 atom stereocenters. The number of ether oxygens (including phenoxy) is 1. The summed E-state index contributed by atoms with van der Waals surface area (Å²) in [5, 5.41) is 3.02. The predicted molar refractivity (Wildman–Crippen MR) is 73.4 cm³/mol. The van der Waals surface area contributed by atoms with Crippen LogP contribution in [0.3, 0.4) is 0 Å². The van der Waals surface area contributed by atoms with Gasteiger partial charge in [0.1, 0.15) is 5.82 Å². The summed E-state index contributed by atoms with van der Waals surface area (Å²) in [4.78, 5) is 0. The lowest BCUT2D eigenvalue weighted by molar-refractivity contribution is -0.140. The average molecular weight is 307 g/mol. The molecule has 0 aliphatic heterocycles. The molecule has 0 radical (unpaired) electrons. The van der Waals surface area contributed by atoms with Gasteiger partial charge in [-0.2, -0.15) is 13.2 Å². The van der Waals surface area contributed by atoms with Crippen LogP contribution in [0.5, 0.6) is 0 Å². The highest BCUT2D eigenvalue weighted by Crippen LogP contribution is 2.31. The van der Waals surface area contributed by atoms with Crippen molar-refractivity contribution in [2.45, 2.75) is 33.0 Å². The third-order valence-corrected chi connectivity index (χ3v) is 2.76. The standard InChI is InChI=1S/C15H21F4NO/c1-11(2)10-21-7-3-6-20-9-12-4-5-14(16)13(8-12)15(17,18)19/h4-5,8,11,20H,3,6-7,9-10H2,1-2H3. The highest BCUT2D eigenvalue weighted by molar-refractivity contribution is 5.27. The predicted octanol–water partition coefficient (Wildman–Crippen LogP) is 4.00. The molecule has 0 heterocycles. The van der Waals surface area contributed by atoms with Gasteiger partial charge in [0.2, 0.25) is 0 Å². The van der Waals surface area contributed by atoms with Gasteiger partial charge in [-0.1, -0.05) is 19.9 Å². The van der Waals surface area contributed by atoms with Gasteiger partial charge in [0.15, 0.2) is 0 Å². The molecule has 1 aromatic carbocycles. The van der Waals surface area contributed by atoms with Crippen LogP contribution in [0.2, 0.25) is 0 Å². The van der Waals surface area contributed by atoms with Crippen molar-refractivity contribution in [3.63, 3.8) is 0 Å². The van der Waals surface area contributed by atoms with Gasteiger partial charge >= 0.3 is 6.18 Å². The normalized spacial score (nSPS) is 12.1. The van der Waals surface area contributed by atoms with Gasteiger partial charge in [-0.25, -0.2) is 4.39 Å². The Balaban J connectivity index is 2.33. The quantitative estimate of drug-likeness (QED) is 0.579. The monoisotopic (exact) mass is 307 g/mol. The van der Waals surface area contributed by atoms with E-state index in [1.807, 2.05) is 0 Å². The van der Waals surface area contributed by atoms with Crippen molar-refractivity contribution in [2.75, 3.05) is 19.8 Å². The fourth-order valence-corrected chi connectivity index (χ4v) is 1.75. The van der Waals surface area contributed by atoms with E-state index in [1.165, 1.54) is 6.07 Å². The number of nitrogens with one attached hydrogen (secondary N) is 1. The number of alkyl halides is 3. The van der Waals surface area contributed by atoms with Crippen LogP contribution in [0, 0.1) is 11.7 Å². The minimum Gasteiger partial charge on any atom is -0.381 e. The van der Waals surface area contributed by atoms with Crippen molar-refractivity contribution in [3.8, 4) is 0 Å². The van der Waals surface area contributed by atoms with Gasteiger partial charge in [-0.05, 0) is 36.6 Å². The van der Waals surface area contributed by atoms with E-state index in [0.29, 0.717) is 31.2 Å². The first-order chi connectivity index (χ1) is 9.80. The summed E-state index contributed by atoms with van der Waals surface area (Å²) < 4.78 is 56.1. The van der Waals surface area contributed by atoms with E-state index in [1.54, 1.807) is 0 Å². The molecule has 0 bridgehead atoms. The lowest BCUT2D eigenvalue weighted by atomic mass is 10.1. The zero-order chi connectivity index (χ0) is 15.9. The first kappa shape index (κ1) is 17.9. The SMILES string of the molecule is CC(C)COCCCNCc1ccc(F)c(C(F)(F)F)c1. The highest BCUT2D eigenvalue weighted by atomic mass is 19.4. The van der Waals surface area contributed by atoms with Crippen molar-refractivity contribution in [1.82, 2.24) is 5.32 Å². The van der Waals surface area contributed by atoms with Crippen LogP contribution in [0.25, 0.3) is 0 Å². The molecule has 6 heteroatoms.